The number of alkyl halides is 7. The van der Waals surface area contributed by atoms with Gasteiger partial charge in [-0.05, 0) is 54.7 Å². The molecule has 2 fully saturated rings. The van der Waals surface area contributed by atoms with E-state index in [2.05, 4.69) is 0 Å². The molecule has 2 aromatic carbocycles. The summed E-state index contributed by atoms with van der Waals surface area (Å²) in [7, 11) is -4.55. The van der Waals surface area contributed by atoms with E-state index >= 15 is 0 Å². The van der Waals surface area contributed by atoms with Crippen LogP contribution in [-0.2, 0) is 36.3 Å². The smallest absolute Gasteiger partial charge is 0.342 e. The molecule has 0 saturated carbocycles. The number of sulfone groups is 1. The van der Waals surface area contributed by atoms with Crippen molar-refractivity contribution in [3.8, 4) is 0 Å². The minimum atomic E-state index is -6.36. The Morgan fingerprint density at radius 2 is 1.56 bits per heavy atom. The number of likely N-dealkylation sites (tertiary alicyclic amines) is 2. The largest absolute Gasteiger partial charge is 0.435 e. The van der Waals surface area contributed by atoms with Crippen LogP contribution in [0.2, 0.25) is 0 Å². The highest BCUT2D eigenvalue weighted by Gasteiger charge is 2.74. The molecular formula is C28H26F8N2O4S. The number of aryl methyl sites for hydroxylation is 1. The van der Waals surface area contributed by atoms with Gasteiger partial charge >= 0.3 is 18.0 Å². The Morgan fingerprint density at radius 1 is 0.953 bits per heavy atom. The lowest BCUT2D eigenvalue weighted by Gasteiger charge is -2.44. The van der Waals surface area contributed by atoms with Crippen LogP contribution >= 0.6 is 0 Å². The van der Waals surface area contributed by atoms with E-state index < -0.39 is 55.9 Å². The van der Waals surface area contributed by atoms with E-state index in [0.29, 0.717) is 25.2 Å². The van der Waals surface area contributed by atoms with Crippen LogP contribution in [-0.4, -0.2) is 68.1 Å². The van der Waals surface area contributed by atoms with Gasteiger partial charge in [-0.2, -0.15) is 26.3 Å². The van der Waals surface area contributed by atoms with Gasteiger partial charge in [0.15, 0.2) is 9.84 Å². The summed E-state index contributed by atoms with van der Waals surface area (Å²) >= 11 is 0. The van der Waals surface area contributed by atoms with E-state index in [-0.39, 0.29) is 60.1 Å². The van der Waals surface area contributed by atoms with E-state index in [9.17, 15) is 53.1 Å². The number of rotatable bonds is 5. The lowest BCUT2D eigenvalue weighted by molar-refractivity contribution is -0.348. The quantitative estimate of drug-likeness (QED) is 0.334. The minimum Gasteiger partial charge on any atom is -0.342 e. The standard InChI is InChI=1S/C28H26F8N2O4S/c1-16(39)37-14-17(15-37)12-24(40)38-11-10-25(43(41,42)21-6-4-20(29)5-7-21)22-8-3-19(13-18(22)2-9-23(25)38)26(30,27(31,32)33)28(34,35)36/h3-8,13,17,23H,2,9-12,14-15H2,1H3/t23-,25-/m1/s1. The summed E-state index contributed by atoms with van der Waals surface area (Å²) in [5, 5.41) is 0. The second-order valence-electron chi connectivity index (χ2n) is 11.3. The molecule has 2 aliphatic heterocycles. The molecule has 6 nitrogen and oxygen atoms in total. The Bertz CT molecular complexity index is 1540. The Balaban J connectivity index is 1.60. The predicted octanol–water partition coefficient (Wildman–Crippen LogP) is 5.20. The molecular weight excluding hydrogens is 612 g/mol. The fourth-order valence-electron chi connectivity index (χ4n) is 6.67. The number of hydrogen-bond acceptors (Lipinski definition) is 4. The van der Waals surface area contributed by atoms with E-state index in [0.717, 1.165) is 30.3 Å². The van der Waals surface area contributed by atoms with Gasteiger partial charge < -0.3 is 9.80 Å². The van der Waals surface area contributed by atoms with Crippen molar-refractivity contribution in [1.82, 2.24) is 9.80 Å². The molecule has 5 rings (SSSR count). The minimum absolute atomic E-state index is 0.000285. The second kappa shape index (κ2) is 10.2. The molecule has 2 heterocycles. The van der Waals surface area contributed by atoms with Crippen LogP contribution < -0.4 is 0 Å². The first-order valence-corrected chi connectivity index (χ1v) is 14.8. The molecule has 0 radical (unpaired) electrons. The van der Waals surface area contributed by atoms with Crippen molar-refractivity contribution in [3.05, 3.63) is 65.0 Å². The Labute approximate surface area is 241 Å². The van der Waals surface area contributed by atoms with Crippen LogP contribution in [0, 0.1) is 11.7 Å². The van der Waals surface area contributed by atoms with Gasteiger partial charge in [0, 0.05) is 44.5 Å². The Hall–Kier alpha value is -3.23. The Kier molecular flexibility index (Phi) is 7.37. The monoisotopic (exact) mass is 638 g/mol. The van der Waals surface area contributed by atoms with Crippen molar-refractivity contribution >= 4 is 21.7 Å². The van der Waals surface area contributed by atoms with Gasteiger partial charge in [-0.25, -0.2) is 17.2 Å². The summed E-state index contributed by atoms with van der Waals surface area (Å²) in [6.07, 6.45) is -13.3. The van der Waals surface area contributed by atoms with Gasteiger partial charge in [0.05, 0.1) is 10.9 Å². The van der Waals surface area contributed by atoms with Gasteiger partial charge in [0.25, 0.3) is 0 Å². The number of carbonyl (C=O) groups excluding carboxylic acids is 2. The fraction of sp³-hybridized carbons (Fsp3) is 0.500. The van der Waals surface area contributed by atoms with Crippen LogP contribution in [0.5, 0.6) is 0 Å². The molecule has 2 amide bonds. The summed E-state index contributed by atoms with van der Waals surface area (Å²) in [6.45, 7) is 1.97. The van der Waals surface area contributed by atoms with Gasteiger partial charge in [0.1, 0.15) is 10.6 Å². The van der Waals surface area contributed by atoms with E-state index in [1.54, 1.807) is 0 Å². The lowest BCUT2D eigenvalue weighted by Crippen LogP contribution is -2.54. The number of amides is 2. The molecule has 0 spiro atoms. The van der Waals surface area contributed by atoms with Crippen LogP contribution in [0.25, 0.3) is 0 Å². The zero-order chi connectivity index (χ0) is 31.8. The van der Waals surface area contributed by atoms with Gasteiger partial charge in [-0.1, -0.05) is 18.2 Å². The highest BCUT2D eigenvalue weighted by molar-refractivity contribution is 7.92. The van der Waals surface area contributed by atoms with Crippen molar-refractivity contribution in [2.75, 3.05) is 19.6 Å². The summed E-state index contributed by atoms with van der Waals surface area (Å²) in [4.78, 5) is 27.5. The van der Waals surface area contributed by atoms with Crippen molar-refractivity contribution in [1.29, 1.82) is 0 Å². The molecule has 0 unspecified atom stereocenters. The molecule has 2 aromatic rings. The highest BCUT2D eigenvalue weighted by atomic mass is 32.2. The van der Waals surface area contributed by atoms with Crippen molar-refractivity contribution < 1.29 is 53.1 Å². The number of halogens is 8. The lowest BCUT2D eigenvalue weighted by atomic mass is 9.76. The topological polar surface area (TPSA) is 74.8 Å². The first kappa shape index (κ1) is 31.2. The van der Waals surface area contributed by atoms with Crippen molar-refractivity contribution in [2.45, 2.75) is 66.3 Å². The molecule has 0 bridgehead atoms. The zero-order valence-electron chi connectivity index (χ0n) is 22.6. The van der Waals surface area contributed by atoms with Gasteiger partial charge in [0.2, 0.25) is 11.8 Å². The van der Waals surface area contributed by atoms with Crippen LogP contribution in [0.3, 0.4) is 0 Å². The van der Waals surface area contributed by atoms with E-state index in [4.69, 9.17) is 0 Å². The fourth-order valence-corrected chi connectivity index (χ4v) is 9.04. The third-order valence-corrected chi connectivity index (χ3v) is 11.4. The number of benzene rings is 2. The average molecular weight is 639 g/mol. The average Bonchev–Trinajstić information content (AvgIpc) is 3.30. The summed E-state index contributed by atoms with van der Waals surface area (Å²) < 4.78 is 136. The molecule has 2 atom stereocenters. The SMILES string of the molecule is CC(=O)N1CC(CC(=O)N2CC[C@@]3(S(=O)(=O)c4ccc(F)cc4)c4ccc(C(F)(C(F)(F)F)C(F)(F)F)cc4CC[C@@H]23)C1. The first-order valence-electron chi connectivity index (χ1n) is 13.4. The molecule has 0 aromatic heterocycles. The molecule has 43 heavy (non-hydrogen) atoms. The number of hydrogen-bond donors (Lipinski definition) is 0. The summed E-state index contributed by atoms with van der Waals surface area (Å²) in [5.41, 5.74) is -7.79. The highest BCUT2D eigenvalue weighted by Crippen LogP contribution is 2.56. The zero-order valence-corrected chi connectivity index (χ0v) is 23.4. The summed E-state index contributed by atoms with van der Waals surface area (Å²) in [5.74, 6) is -1.48. The maximum absolute atomic E-state index is 14.9. The van der Waals surface area contributed by atoms with Gasteiger partial charge in [-0.3, -0.25) is 9.59 Å². The van der Waals surface area contributed by atoms with Crippen LogP contribution in [0.1, 0.15) is 42.9 Å². The maximum atomic E-state index is 14.9. The second-order valence-corrected chi connectivity index (χ2v) is 13.5. The third-order valence-electron chi connectivity index (χ3n) is 8.86. The van der Waals surface area contributed by atoms with Crippen molar-refractivity contribution in [3.63, 3.8) is 0 Å². The third kappa shape index (κ3) is 4.69. The predicted molar refractivity (Wildman–Crippen MR) is 135 cm³/mol. The molecule has 0 N–H and O–H groups in total. The van der Waals surface area contributed by atoms with E-state index in [1.165, 1.54) is 16.7 Å². The molecule has 15 heteroatoms. The van der Waals surface area contributed by atoms with Crippen LogP contribution in [0.4, 0.5) is 35.1 Å². The summed E-state index contributed by atoms with van der Waals surface area (Å²) in [6, 6.07) is 4.19. The van der Waals surface area contributed by atoms with Crippen molar-refractivity contribution in [2.24, 2.45) is 5.92 Å². The Morgan fingerprint density at radius 3 is 2.12 bits per heavy atom. The molecule has 234 valence electrons. The van der Waals surface area contributed by atoms with Gasteiger partial charge in [-0.15, -0.1) is 0 Å². The number of nitrogens with zero attached hydrogens (tertiary/aromatic N) is 2. The van der Waals surface area contributed by atoms with E-state index in [1.807, 2.05) is 0 Å². The number of carbonyl (C=O) groups is 2. The molecule has 2 saturated heterocycles. The normalized spacial score (nSPS) is 23.0. The molecule has 3 aliphatic rings. The maximum Gasteiger partial charge on any atom is 0.435 e. The molecule has 1 aliphatic carbocycles. The number of fused-ring (bicyclic) bond motifs is 3. The van der Waals surface area contributed by atoms with Crippen LogP contribution in [0.15, 0.2) is 47.4 Å². The first-order chi connectivity index (χ1) is 19.8.